The molecule has 0 aliphatic carbocycles. The highest BCUT2D eigenvalue weighted by Crippen LogP contribution is 2.46. The van der Waals surface area contributed by atoms with E-state index in [0.29, 0.717) is 34.6 Å². The quantitative estimate of drug-likeness (QED) is 0.267. The maximum Gasteiger partial charge on any atom is 0.305 e. The number of nitrogens with zero attached hydrogens (tertiary/aromatic N) is 2. The first-order valence-corrected chi connectivity index (χ1v) is 15.5. The number of sulfonamides is 1. The van der Waals surface area contributed by atoms with E-state index in [1.165, 1.54) is 12.1 Å². The molecule has 1 saturated heterocycles. The van der Waals surface area contributed by atoms with Crippen LogP contribution in [-0.2, 0) is 21.4 Å². The Hall–Kier alpha value is -3.05. The lowest BCUT2D eigenvalue weighted by Crippen LogP contribution is -2.34. The van der Waals surface area contributed by atoms with Gasteiger partial charge in [0.05, 0.1) is 24.3 Å². The van der Waals surface area contributed by atoms with Crippen LogP contribution in [0.25, 0.3) is 22.4 Å². The van der Waals surface area contributed by atoms with Crippen molar-refractivity contribution in [2.75, 3.05) is 6.54 Å². The molecule has 1 aliphatic heterocycles. The van der Waals surface area contributed by atoms with E-state index in [2.05, 4.69) is 0 Å². The lowest BCUT2D eigenvalue weighted by atomic mass is 10.0. The Bertz CT molecular complexity index is 1450. The number of carboxylic acid groups (broad SMARTS) is 1. The second-order valence-corrected chi connectivity index (χ2v) is 13.0. The van der Waals surface area contributed by atoms with Crippen molar-refractivity contribution in [3.63, 3.8) is 0 Å². The number of halogens is 1. The van der Waals surface area contributed by atoms with E-state index in [-0.39, 0.29) is 36.2 Å². The number of hydrogen-bond donors (Lipinski definition) is 3. The Kier molecular flexibility index (Phi) is 9.69. The highest BCUT2D eigenvalue weighted by molar-refractivity contribution is 7.89. The largest absolute Gasteiger partial charge is 0.481 e. The number of aromatic nitrogens is 1. The van der Waals surface area contributed by atoms with E-state index in [4.69, 9.17) is 5.11 Å². The molecule has 10 heteroatoms. The van der Waals surface area contributed by atoms with Crippen molar-refractivity contribution in [2.24, 2.45) is 0 Å². The topological polar surface area (TPSA) is 120 Å². The zero-order valence-electron chi connectivity index (χ0n) is 23.7. The minimum Gasteiger partial charge on any atom is -0.481 e. The SMILES string of the molecule is CC(C)c1c(S(=O)(=O)N2CCCC2C)c(-c2ccccc2)c(-c2ccc(F)cc2)n1CCC(O)CC(O)CC(=O)O. The van der Waals surface area contributed by atoms with Crippen LogP contribution in [0.3, 0.4) is 0 Å². The summed E-state index contributed by atoms with van der Waals surface area (Å²) < 4.78 is 46.5. The van der Waals surface area contributed by atoms with Gasteiger partial charge in [-0.1, -0.05) is 44.2 Å². The molecule has 3 aromatic rings. The molecule has 0 bridgehead atoms. The van der Waals surface area contributed by atoms with Crippen LogP contribution >= 0.6 is 0 Å². The zero-order chi connectivity index (χ0) is 29.9. The van der Waals surface area contributed by atoms with Gasteiger partial charge in [-0.3, -0.25) is 4.79 Å². The van der Waals surface area contributed by atoms with Gasteiger partial charge in [0, 0.05) is 30.4 Å². The first-order valence-electron chi connectivity index (χ1n) is 14.1. The predicted molar refractivity (Wildman–Crippen MR) is 155 cm³/mol. The number of carbonyl (C=O) groups is 1. The minimum atomic E-state index is -3.96. The minimum absolute atomic E-state index is 0.127. The van der Waals surface area contributed by atoms with Crippen LogP contribution in [0.4, 0.5) is 4.39 Å². The van der Waals surface area contributed by atoms with Gasteiger partial charge in [-0.2, -0.15) is 4.31 Å². The molecule has 3 atom stereocenters. The third kappa shape index (κ3) is 6.72. The average molecular weight is 587 g/mol. The first kappa shape index (κ1) is 30.9. The van der Waals surface area contributed by atoms with Crippen molar-refractivity contribution >= 4 is 16.0 Å². The monoisotopic (exact) mass is 586 g/mol. The lowest BCUT2D eigenvalue weighted by molar-refractivity contribution is -0.139. The van der Waals surface area contributed by atoms with Crippen molar-refractivity contribution < 1.29 is 32.9 Å². The molecule has 1 aromatic heterocycles. The third-order valence-corrected chi connectivity index (χ3v) is 9.77. The molecule has 1 fully saturated rings. The molecule has 41 heavy (non-hydrogen) atoms. The van der Waals surface area contributed by atoms with E-state index in [0.717, 1.165) is 12.8 Å². The van der Waals surface area contributed by atoms with Crippen molar-refractivity contribution in [1.82, 2.24) is 8.87 Å². The molecule has 4 rings (SSSR count). The molecular formula is C31H39FN2O6S. The van der Waals surface area contributed by atoms with Crippen LogP contribution in [0.1, 0.15) is 64.5 Å². The van der Waals surface area contributed by atoms with Gasteiger partial charge < -0.3 is 19.9 Å². The molecule has 3 unspecified atom stereocenters. The molecule has 1 aliphatic rings. The van der Waals surface area contributed by atoms with Gasteiger partial charge >= 0.3 is 5.97 Å². The number of aliphatic hydroxyl groups excluding tert-OH is 2. The Morgan fingerprint density at radius 2 is 1.68 bits per heavy atom. The normalized spacial score (nSPS) is 17.7. The van der Waals surface area contributed by atoms with Crippen molar-refractivity contribution in [1.29, 1.82) is 0 Å². The Labute approximate surface area is 241 Å². The summed E-state index contributed by atoms with van der Waals surface area (Å²) in [4.78, 5) is 11.2. The standard InChI is InChI=1S/C31H39FN2O6S/c1-20(2)29-31(41(39,40)34-16-7-8-21(34)3)28(22-9-5-4-6-10-22)30(23-11-13-24(32)14-12-23)33(29)17-15-25(35)18-26(36)19-27(37)38/h4-6,9-14,20-21,25-26,35-36H,7-8,15-19H2,1-3H3,(H,37,38). The second kappa shape index (κ2) is 12.9. The van der Waals surface area contributed by atoms with E-state index in [1.807, 2.05) is 55.7 Å². The number of aliphatic carboxylic acids is 1. The van der Waals surface area contributed by atoms with Crippen molar-refractivity contribution in [2.45, 2.75) is 88.5 Å². The van der Waals surface area contributed by atoms with Crippen LogP contribution in [0.15, 0.2) is 59.5 Å². The molecule has 2 aromatic carbocycles. The summed E-state index contributed by atoms with van der Waals surface area (Å²) in [6, 6.07) is 15.0. The highest BCUT2D eigenvalue weighted by atomic mass is 32.2. The van der Waals surface area contributed by atoms with E-state index < -0.39 is 40.4 Å². The third-order valence-electron chi connectivity index (χ3n) is 7.68. The lowest BCUT2D eigenvalue weighted by Gasteiger charge is -2.24. The molecule has 2 heterocycles. The highest BCUT2D eigenvalue weighted by Gasteiger charge is 2.40. The predicted octanol–water partition coefficient (Wildman–Crippen LogP) is 5.23. The maximum atomic E-state index is 14.5. The summed E-state index contributed by atoms with van der Waals surface area (Å²) in [5.74, 6) is -1.81. The first-order chi connectivity index (χ1) is 19.4. The average Bonchev–Trinajstić information content (AvgIpc) is 3.50. The van der Waals surface area contributed by atoms with Gasteiger partial charge in [0.25, 0.3) is 0 Å². The van der Waals surface area contributed by atoms with E-state index >= 15 is 0 Å². The summed E-state index contributed by atoms with van der Waals surface area (Å²) in [5, 5.41) is 29.8. The van der Waals surface area contributed by atoms with Crippen LogP contribution in [0.2, 0.25) is 0 Å². The molecule has 8 nitrogen and oxygen atoms in total. The summed E-state index contributed by atoms with van der Waals surface area (Å²) in [6.45, 7) is 6.39. The Morgan fingerprint density at radius 1 is 1.02 bits per heavy atom. The smallest absolute Gasteiger partial charge is 0.305 e. The maximum absolute atomic E-state index is 14.5. The molecule has 0 saturated carbocycles. The van der Waals surface area contributed by atoms with Gasteiger partial charge in [0.1, 0.15) is 10.7 Å². The van der Waals surface area contributed by atoms with Crippen molar-refractivity contribution in [3.05, 3.63) is 66.1 Å². The van der Waals surface area contributed by atoms with E-state index in [9.17, 15) is 27.8 Å². The molecular weight excluding hydrogens is 547 g/mol. The number of rotatable bonds is 12. The van der Waals surface area contributed by atoms with Gasteiger partial charge in [0.15, 0.2) is 0 Å². The van der Waals surface area contributed by atoms with Crippen LogP contribution in [-0.4, -0.2) is 63.4 Å². The number of benzene rings is 2. The second-order valence-electron chi connectivity index (χ2n) is 11.2. The number of hydrogen-bond acceptors (Lipinski definition) is 5. The molecule has 0 amide bonds. The summed E-state index contributed by atoms with van der Waals surface area (Å²) in [6.07, 6.45) is -1.15. The zero-order valence-corrected chi connectivity index (χ0v) is 24.5. The van der Waals surface area contributed by atoms with Gasteiger partial charge in [-0.15, -0.1) is 0 Å². The fourth-order valence-electron chi connectivity index (χ4n) is 5.84. The number of aliphatic hydroxyl groups is 2. The fraction of sp³-hybridized carbons (Fsp3) is 0.452. The van der Waals surface area contributed by atoms with Crippen LogP contribution < -0.4 is 0 Å². The Morgan fingerprint density at radius 3 is 2.24 bits per heavy atom. The molecule has 0 radical (unpaired) electrons. The molecule has 0 spiro atoms. The van der Waals surface area contributed by atoms with Crippen molar-refractivity contribution in [3.8, 4) is 22.4 Å². The van der Waals surface area contributed by atoms with Crippen LogP contribution in [0.5, 0.6) is 0 Å². The van der Waals surface area contributed by atoms with E-state index in [1.54, 1.807) is 16.4 Å². The fourth-order valence-corrected chi connectivity index (χ4v) is 8.10. The molecule has 3 N–H and O–H groups in total. The van der Waals surface area contributed by atoms with Gasteiger partial charge in [-0.25, -0.2) is 12.8 Å². The number of carboxylic acids is 1. The summed E-state index contributed by atoms with van der Waals surface area (Å²) in [7, 11) is -3.96. The van der Waals surface area contributed by atoms with Crippen LogP contribution in [0, 0.1) is 5.82 Å². The summed E-state index contributed by atoms with van der Waals surface area (Å²) in [5.41, 5.74) is 3.04. The molecule has 222 valence electrons. The van der Waals surface area contributed by atoms with Gasteiger partial charge in [-0.05, 0) is 73.9 Å². The van der Waals surface area contributed by atoms with Gasteiger partial charge in [0.2, 0.25) is 10.0 Å². The Balaban J connectivity index is 1.96. The summed E-state index contributed by atoms with van der Waals surface area (Å²) >= 11 is 0.